The first-order valence-corrected chi connectivity index (χ1v) is 3.20. The number of amides is 2. The van der Waals surface area contributed by atoms with Gasteiger partial charge in [0.25, 0.3) is 0 Å². The number of hydrogen-bond acceptors (Lipinski definition) is 2. The molecule has 1 rings (SSSR count). The van der Waals surface area contributed by atoms with E-state index in [-0.39, 0.29) is 11.4 Å². The Kier molecular flexibility index (Phi) is 2.14. The summed E-state index contributed by atoms with van der Waals surface area (Å²) < 4.78 is 12.6. The van der Waals surface area contributed by atoms with Gasteiger partial charge in [-0.05, 0) is 18.2 Å². The predicted molar refractivity (Wildman–Crippen MR) is 44.0 cm³/mol. The van der Waals surface area contributed by atoms with Crippen LogP contribution in [0.3, 0.4) is 0 Å². The van der Waals surface area contributed by atoms with Crippen LogP contribution in [0.15, 0.2) is 18.2 Å². The molecule has 0 aliphatic heterocycles. The van der Waals surface area contributed by atoms with Crippen LogP contribution in [0.4, 0.5) is 20.6 Å². The summed E-state index contributed by atoms with van der Waals surface area (Å²) in [6.45, 7) is 0. The Labute approximate surface area is 68.4 Å². The van der Waals surface area contributed by atoms with Gasteiger partial charge in [0.2, 0.25) is 0 Å². The van der Waals surface area contributed by atoms with Crippen LogP contribution in [-0.4, -0.2) is 6.03 Å². The second kappa shape index (κ2) is 3.08. The SMILES string of the molecule is NC(=O)Nc1cc(N)cc(F)c1. The van der Waals surface area contributed by atoms with Crippen molar-refractivity contribution in [2.24, 2.45) is 5.73 Å². The van der Waals surface area contributed by atoms with Crippen LogP contribution in [0.2, 0.25) is 0 Å². The summed E-state index contributed by atoms with van der Waals surface area (Å²) in [6, 6.07) is 2.93. The summed E-state index contributed by atoms with van der Waals surface area (Å²) in [6.07, 6.45) is 0. The van der Waals surface area contributed by atoms with Crippen molar-refractivity contribution >= 4 is 17.4 Å². The molecule has 0 saturated heterocycles. The number of primary amides is 1. The zero-order chi connectivity index (χ0) is 9.14. The lowest BCUT2D eigenvalue weighted by Crippen LogP contribution is -2.19. The fraction of sp³-hybridized carbons (Fsp3) is 0. The molecule has 5 N–H and O–H groups in total. The molecule has 1 aromatic carbocycles. The molecule has 0 atom stereocenters. The van der Waals surface area contributed by atoms with Crippen LogP contribution in [-0.2, 0) is 0 Å². The van der Waals surface area contributed by atoms with Crippen LogP contribution in [0.1, 0.15) is 0 Å². The molecule has 0 radical (unpaired) electrons. The number of carbonyl (C=O) groups is 1. The van der Waals surface area contributed by atoms with E-state index in [1.165, 1.54) is 6.07 Å². The van der Waals surface area contributed by atoms with Crippen molar-refractivity contribution in [1.82, 2.24) is 0 Å². The third kappa shape index (κ3) is 2.12. The molecule has 64 valence electrons. The molecule has 0 fully saturated rings. The number of nitrogen functional groups attached to an aromatic ring is 1. The van der Waals surface area contributed by atoms with E-state index in [4.69, 9.17) is 11.5 Å². The number of nitrogens with one attached hydrogen (secondary N) is 1. The Morgan fingerprint density at radius 1 is 1.42 bits per heavy atom. The fourth-order valence-electron chi connectivity index (χ4n) is 0.827. The maximum absolute atomic E-state index is 12.6. The van der Waals surface area contributed by atoms with Crippen molar-refractivity contribution in [3.8, 4) is 0 Å². The molecule has 1 aromatic rings. The topological polar surface area (TPSA) is 81.1 Å². The largest absolute Gasteiger partial charge is 0.399 e. The highest BCUT2D eigenvalue weighted by Crippen LogP contribution is 2.14. The maximum atomic E-state index is 12.6. The van der Waals surface area contributed by atoms with Crippen LogP contribution in [0.5, 0.6) is 0 Å². The van der Waals surface area contributed by atoms with Crippen molar-refractivity contribution < 1.29 is 9.18 Å². The number of carbonyl (C=O) groups excluding carboxylic acids is 1. The number of nitrogens with two attached hydrogens (primary N) is 2. The summed E-state index contributed by atoms with van der Waals surface area (Å²) in [5, 5.41) is 2.21. The first kappa shape index (κ1) is 8.32. The van der Waals surface area contributed by atoms with Gasteiger partial charge in [-0.3, -0.25) is 0 Å². The third-order valence-corrected chi connectivity index (χ3v) is 1.19. The number of hydrogen-bond donors (Lipinski definition) is 3. The molecule has 0 aliphatic carbocycles. The van der Waals surface area contributed by atoms with Gasteiger partial charge in [0.15, 0.2) is 0 Å². The van der Waals surface area contributed by atoms with Crippen LogP contribution >= 0.6 is 0 Å². The highest BCUT2D eigenvalue weighted by Gasteiger charge is 1.99. The van der Waals surface area contributed by atoms with Crippen LogP contribution in [0.25, 0.3) is 0 Å². The van der Waals surface area contributed by atoms with Gasteiger partial charge in [-0.2, -0.15) is 0 Å². The van der Waals surface area contributed by atoms with E-state index in [1.807, 2.05) is 0 Å². The first-order chi connectivity index (χ1) is 5.58. The monoisotopic (exact) mass is 169 g/mol. The predicted octanol–water partition coefficient (Wildman–Crippen LogP) is 0.899. The van der Waals surface area contributed by atoms with Gasteiger partial charge < -0.3 is 16.8 Å². The van der Waals surface area contributed by atoms with E-state index < -0.39 is 11.8 Å². The van der Waals surface area contributed by atoms with E-state index >= 15 is 0 Å². The first-order valence-electron chi connectivity index (χ1n) is 3.20. The lowest BCUT2D eigenvalue weighted by Gasteiger charge is -2.02. The van der Waals surface area contributed by atoms with Gasteiger partial charge in [-0.25, -0.2) is 9.18 Å². The Morgan fingerprint density at radius 3 is 2.58 bits per heavy atom. The minimum atomic E-state index is -0.750. The quantitative estimate of drug-likeness (QED) is 0.546. The number of anilines is 2. The fourth-order valence-corrected chi connectivity index (χ4v) is 0.827. The zero-order valence-corrected chi connectivity index (χ0v) is 6.17. The molecule has 2 amide bonds. The van der Waals surface area contributed by atoms with Crippen molar-refractivity contribution in [2.45, 2.75) is 0 Å². The molecule has 0 unspecified atom stereocenters. The van der Waals surface area contributed by atoms with Crippen LogP contribution in [0, 0.1) is 5.82 Å². The highest BCUT2D eigenvalue weighted by atomic mass is 19.1. The second-order valence-corrected chi connectivity index (χ2v) is 2.26. The highest BCUT2D eigenvalue weighted by molar-refractivity contribution is 5.88. The lowest BCUT2D eigenvalue weighted by molar-refractivity contribution is 0.259. The standard InChI is InChI=1S/C7H8FN3O/c8-4-1-5(9)3-6(2-4)11-7(10)12/h1-3H,9H2,(H3,10,11,12). The molecule has 12 heavy (non-hydrogen) atoms. The Morgan fingerprint density at radius 2 is 2.08 bits per heavy atom. The van der Waals surface area contributed by atoms with Crippen molar-refractivity contribution in [1.29, 1.82) is 0 Å². The average molecular weight is 169 g/mol. The van der Waals surface area contributed by atoms with Crippen molar-refractivity contribution in [3.05, 3.63) is 24.0 Å². The van der Waals surface area contributed by atoms with E-state index in [0.29, 0.717) is 0 Å². The van der Waals surface area contributed by atoms with Gasteiger partial charge in [-0.1, -0.05) is 0 Å². The van der Waals surface area contributed by atoms with Gasteiger partial charge in [0.05, 0.1) is 0 Å². The maximum Gasteiger partial charge on any atom is 0.316 e. The molecule has 0 bridgehead atoms. The summed E-state index contributed by atoms with van der Waals surface area (Å²) >= 11 is 0. The van der Waals surface area contributed by atoms with Crippen molar-refractivity contribution in [3.63, 3.8) is 0 Å². The van der Waals surface area contributed by atoms with E-state index in [1.54, 1.807) is 0 Å². The molecule has 5 heteroatoms. The summed E-state index contributed by atoms with van der Waals surface area (Å²) in [4.78, 5) is 10.3. The summed E-state index contributed by atoms with van der Waals surface area (Å²) in [5.74, 6) is -0.515. The van der Waals surface area contributed by atoms with Gasteiger partial charge in [0, 0.05) is 11.4 Å². The number of benzene rings is 1. The van der Waals surface area contributed by atoms with Crippen LogP contribution < -0.4 is 16.8 Å². The molecule has 0 spiro atoms. The van der Waals surface area contributed by atoms with E-state index in [9.17, 15) is 9.18 Å². The number of halogens is 1. The van der Waals surface area contributed by atoms with Gasteiger partial charge in [0.1, 0.15) is 5.82 Å². The Bertz CT molecular complexity index is 293. The zero-order valence-electron chi connectivity index (χ0n) is 6.17. The molecule has 0 heterocycles. The summed E-state index contributed by atoms with van der Waals surface area (Å²) in [5.41, 5.74) is 10.6. The molecular weight excluding hydrogens is 161 g/mol. The third-order valence-electron chi connectivity index (χ3n) is 1.19. The smallest absolute Gasteiger partial charge is 0.316 e. The molecule has 0 aliphatic rings. The minimum Gasteiger partial charge on any atom is -0.399 e. The van der Waals surface area contributed by atoms with Crippen molar-refractivity contribution in [2.75, 3.05) is 11.1 Å². The molecule has 0 aromatic heterocycles. The number of urea groups is 1. The average Bonchev–Trinajstić information content (AvgIpc) is 1.81. The van der Waals surface area contributed by atoms with E-state index in [2.05, 4.69) is 5.32 Å². The van der Waals surface area contributed by atoms with Gasteiger partial charge >= 0.3 is 6.03 Å². The normalized spacial score (nSPS) is 9.42. The molecular formula is C7H8FN3O. The Balaban J connectivity index is 2.93. The Hall–Kier alpha value is -1.78. The second-order valence-electron chi connectivity index (χ2n) is 2.26. The minimum absolute atomic E-state index is 0.235. The number of rotatable bonds is 1. The van der Waals surface area contributed by atoms with Gasteiger partial charge in [-0.15, -0.1) is 0 Å². The molecule has 4 nitrogen and oxygen atoms in total. The lowest BCUT2D eigenvalue weighted by atomic mass is 10.3. The van der Waals surface area contributed by atoms with E-state index in [0.717, 1.165) is 12.1 Å². The summed E-state index contributed by atoms with van der Waals surface area (Å²) in [7, 11) is 0. The molecule has 0 saturated carbocycles.